The molecule has 0 radical (unpaired) electrons. The molecule has 3 amide bonds. The maximum absolute atomic E-state index is 14.4. The predicted molar refractivity (Wildman–Crippen MR) is 169 cm³/mol. The van der Waals surface area contributed by atoms with Crippen molar-refractivity contribution in [2.24, 2.45) is 11.3 Å². The summed E-state index contributed by atoms with van der Waals surface area (Å²) in [4.78, 5) is 72.7. The monoisotopic (exact) mass is 644 g/mol. The molecular formula is C33H45ClN4O7. The van der Waals surface area contributed by atoms with E-state index in [4.69, 9.17) is 16.4 Å². The van der Waals surface area contributed by atoms with Crippen molar-refractivity contribution in [1.82, 2.24) is 21.0 Å². The van der Waals surface area contributed by atoms with Crippen molar-refractivity contribution in [1.29, 1.82) is 0 Å². The fourth-order valence-corrected chi connectivity index (χ4v) is 6.67. The first kappa shape index (κ1) is 34.4. The number of benzene rings is 1. The molecule has 3 aliphatic rings. The second-order valence-electron chi connectivity index (χ2n) is 13.6. The van der Waals surface area contributed by atoms with E-state index in [1.165, 1.54) is 11.3 Å². The molecule has 0 bridgehead atoms. The van der Waals surface area contributed by atoms with E-state index in [1.807, 2.05) is 32.9 Å². The van der Waals surface area contributed by atoms with E-state index >= 15 is 0 Å². The Morgan fingerprint density at radius 1 is 1.13 bits per heavy atom. The van der Waals surface area contributed by atoms with Crippen LogP contribution >= 0.6 is 11.6 Å². The summed E-state index contributed by atoms with van der Waals surface area (Å²) in [6.45, 7) is 7.32. The number of hydrogen-bond acceptors (Lipinski definition) is 7. The van der Waals surface area contributed by atoms with Gasteiger partial charge in [-0.05, 0) is 48.8 Å². The Balaban J connectivity index is 1.63. The lowest BCUT2D eigenvalue weighted by Gasteiger charge is -2.36. The van der Waals surface area contributed by atoms with E-state index in [-0.39, 0.29) is 31.2 Å². The number of ketones is 1. The first-order chi connectivity index (χ1) is 21.2. The van der Waals surface area contributed by atoms with Gasteiger partial charge in [0.05, 0.1) is 18.3 Å². The molecule has 1 spiro atoms. The SMILES string of the molecule is CCC[C@H](NC(=O)[C@@H]1C[C@]2(C=C(c3cccc(Cl)c3)NO2)CN1C(=O)[C@@H](NC(=O)CC1CCCCC1)C(C)(C)C)C(=O)C(=O)O. The molecule has 12 heteroatoms. The number of Topliss-reactive ketones (excluding diaryl/α,β-unsaturated/α-hetero) is 1. The Labute approximate surface area is 269 Å². The van der Waals surface area contributed by atoms with Crippen molar-refractivity contribution >= 4 is 46.8 Å². The van der Waals surface area contributed by atoms with Gasteiger partial charge in [0.1, 0.15) is 17.7 Å². The van der Waals surface area contributed by atoms with Gasteiger partial charge in [0.25, 0.3) is 5.78 Å². The third-order valence-electron chi connectivity index (χ3n) is 8.88. The van der Waals surface area contributed by atoms with Gasteiger partial charge in [-0.25, -0.2) is 4.79 Å². The van der Waals surface area contributed by atoms with Crippen LogP contribution in [-0.4, -0.2) is 69.8 Å². The summed E-state index contributed by atoms with van der Waals surface area (Å²) in [7, 11) is 0. The summed E-state index contributed by atoms with van der Waals surface area (Å²) < 4.78 is 0. The smallest absolute Gasteiger partial charge is 0.374 e. The molecule has 1 saturated heterocycles. The lowest BCUT2D eigenvalue weighted by atomic mass is 9.84. The molecular weight excluding hydrogens is 600 g/mol. The van der Waals surface area contributed by atoms with E-state index in [0.29, 0.717) is 23.6 Å². The van der Waals surface area contributed by atoms with Crippen molar-refractivity contribution in [3.8, 4) is 0 Å². The van der Waals surface area contributed by atoms with Gasteiger partial charge in [0, 0.05) is 23.4 Å². The quantitative estimate of drug-likeness (QED) is 0.264. The van der Waals surface area contributed by atoms with Crippen LogP contribution in [0, 0.1) is 11.3 Å². The minimum atomic E-state index is -1.64. The van der Waals surface area contributed by atoms with Gasteiger partial charge in [0.15, 0.2) is 0 Å². The van der Waals surface area contributed by atoms with Crippen LogP contribution in [0.1, 0.15) is 91.0 Å². The van der Waals surface area contributed by atoms with Gasteiger partial charge < -0.3 is 20.6 Å². The van der Waals surface area contributed by atoms with Crippen LogP contribution < -0.4 is 16.1 Å². The van der Waals surface area contributed by atoms with Gasteiger partial charge >= 0.3 is 5.97 Å². The van der Waals surface area contributed by atoms with Crippen molar-refractivity contribution in [3.05, 3.63) is 40.9 Å². The van der Waals surface area contributed by atoms with Gasteiger partial charge in [-0.1, -0.05) is 77.1 Å². The molecule has 1 aromatic rings. The lowest BCUT2D eigenvalue weighted by Crippen LogP contribution is -2.59. The van der Waals surface area contributed by atoms with Gasteiger partial charge in [-0.15, -0.1) is 0 Å². The highest BCUT2D eigenvalue weighted by Crippen LogP contribution is 2.39. The second-order valence-corrected chi connectivity index (χ2v) is 14.1. The number of halogens is 1. The standard InChI is InChI=1S/C33H45ClN4O7/c1-5-10-23(27(40)31(43)44)35-29(41)25-18-33(17-24(37-45-33)21-13-9-14-22(34)16-21)19-38(25)30(42)28(32(2,3)4)36-26(39)15-20-11-7-6-8-12-20/h9,13-14,16-17,20,23,25,28,37H,5-8,10-12,15,18-19H2,1-4H3,(H,35,41)(H,36,39)(H,43,44)/t23-,25-,28+,33+/m0/s1. The minimum Gasteiger partial charge on any atom is -0.475 e. The first-order valence-corrected chi connectivity index (χ1v) is 16.2. The van der Waals surface area contributed by atoms with Gasteiger partial charge in [-0.3, -0.25) is 29.5 Å². The molecule has 4 atom stereocenters. The van der Waals surface area contributed by atoms with Gasteiger partial charge in [0.2, 0.25) is 17.7 Å². The fourth-order valence-electron chi connectivity index (χ4n) is 6.48. The van der Waals surface area contributed by atoms with Crippen molar-refractivity contribution < 1.29 is 33.9 Å². The van der Waals surface area contributed by atoms with Crippen LogP contribution in [0.4, 0.5) is 0 Å². The summed E-state index contributed by atoms with van der Waals surface area (Å²) in [5.41, 5.74) is 2.47. The Bertz CT molecular complexity index is 1340. The average Bonchev–Trinajstić information content (AvgIpc) is 3.58. The van der Waals surface area contributed by atoms with Crippen LogP contribution in [0.25, 0.3) is 5.70 Å². The Kier molecular flexibility index (Phi) is 11.0. The van der Waals surface area contributed by atoms with E-state index < -0.39 is 52.7 Å². The van der Waals surface area contributed by atoms with E-state index in [0.717, 1.165) is 31.2 Å². The molecule has 11 nitrogen and oxygen atoms in total. The average molecular weight is 645 g/mol. The molecule has 1 aliphatic carbocycles. The van der Waals surface area contributed by atoms with Crippen molar-refractivity contribution in [2.75, 3.05) is 6.54 Å². The molecule has 2 aliphatic heterocycles. The third-order valence-corrected chi connectivity index (χ3v) is 9.12. The number of nitrogens with zero attached hydrogens (tertiary/aromatic N) is 1. The Hall–Kier alpha value is -3.44. The summed E-state index contributed by atoms with van der Waals surface area (Å²) >= 11 is 6.20. The third kappa shape index (κ3) is 8.43. The van der Waals surface area contributed by atoms with Gasteiger partial charge in [-0.2, -0.15) is 0 Å². The Morgan fingerprint density at radius 2 is 1.84 bits per heavy atom. The number of carboxylic acid groups (broad SMARTS) is 1. The molecule has 2 fully saturated rings. The van der Waals surface area contributed by atoms with Crippen LogP contribution in [-0.2, 0) is 28.8 Å². The topological polar surface area (TPSA) is 154 Å². The maximum atomic E-state index is 14.4. The molecule has 246 valence electrons. The van der Waals surface area contributed by atoms with Crippen LogP contribution in [0.3, 0.4) is 0 Å². The molecule has 45 heavy (non-hydrogen) atoms. The highest BCUT2D eigenvalue weighted by molar-refractivity contribution is 6.35. The Morgan fingerprint density at radius 3 is 2.47 bits per heavy atom. The van der Waals surface area contributed by atoms with E-state index in [2.05, 4.69) is 16.1 Å². The summed E-state index contributed by atoms with van der Waals surface area (Å²) in [5, 5.41) is 15.4. The number of amides is 3. The second kappa shape index (κ2) is 14.3. The van der Waals surface area contributed by atoms with Crippen molar-refractivity contribution in [2.45, 2.75) is 109 Å². The zero-order chi connectivity index (χ0) is 32.9. The van der Waals surface area contributed by atoms with Crippen molar-refractivity contribution in [3.63, 3.8) is 0 Å². The fraction of sp³-hybridized carbons (Fsp3) is 0.606. The maximum Gasteiger partial charge on any atom is 0.374 e. The first-order valence-electron chi connectivity index (χ1n) is 15.8. The molecule has 1 aromatic carbocycles. The molecule has 1 saturated carbocycles. The molecule has 0 aromatic heterocycles. The largest absolute Gasteiger partial charge is 0.475 e. The minimum absolute atomic E-state index is 0.0165. The number of carbonyl (C=O) groups is 5. The molecule has 0 unspecified atom stereocenters. The highest BCUT2D eigenvalue weighted by Gasteiger charge is 2.54. The number of aliphatic carboxylic acids is 1. The number of hydrogen-bond donors (Lipinski definition) is 4. The van der Waals surface area contributed by atoms with Crippen LogP contribution in [0.15, 0.2) is 30.3 Å². The summed E-state index contributed by atoms with van der Waals surface area (Å²) in [5.74, 6) is -3.82. The molecule has 4 rings (SSSR count). The summed E-state index contributed by atoms with van der Waals surface area (Å²) in [6, 6.07) is 3.85. The number of carbonyl (C=O) groups excluding carboxylic acids is 4. The van der Waals surface area contributed by atoms with E-state index in [1.54, 1.807) is 25.1 Å². The van der Waals surface area contributed by atoms with E-state index in [9.17, 15) is 29.1 Å². The predicted octanol–water partition coefficient (Wildman–Crippen LogP) is 4.00. The highest BCUT2D eigenvalue weighted by atomic mass is 35.5. The van der Waals surface area contributed by atoms with Crippen LogP contribution in [0.2, 0.25) is 5.02 Å². The number of likely N-dealkylation sites (tertiary alicyclic amines) is 1. The number of rotatable bonds is 11. The number of carboxylic acids is 1. The normalized spacial score (nSPS) is 23.2. The number of nitrogens with one attached hydrogen (secondary N) is 3. The zero-order valence-corrected chi connectivity index (χ0v) is 27.2. The molecule has 4 N–H and O–H groups in total. The molecule has 2 heterocycles. The number of hydroxylamine groups is 1. The van der Waals surface area contributed by atoms with Crippen LogP contribution in [0.5, 0.6) is 0 Å². The zero-order valence-electron chi connectivity index (χ0n) is 26.5. The lowest BCUT2D eigenvalue weighted by molar-refractivity contribution is -0.151. The summed E-state index contributed by atoms with van der Waals surface area (Å²) in [6.07, 6.45) is 8.09.